The number of unbranched alkanes of at least 4 members (excludes halogenated alkanes) is 1. The van der Waals surface area contributed by atoms with Gasteiger partial charge in [-0.05, 0) is 31.0 Å². The number of aliphatic carboxylic acids is 1. The van der Waals surface area contributed by atoms with Gasteiger partial charge in [-0.3, -0.25) is 14.9 Å². The van der Waals surface area contributed by atoms with Crippen molar-refractivity contribution in [3.8, 4) is 0 Å². The Labute approximate surface area is 135 Å². The first kappa shape index (κ1) is 17.5. The van der Waals surface area contributed by atoms with Crippen LogP contribution in [0.4, 0.5) is 10.5 Å². The van der Waals surface area contributed by atoms with E-state index in [0.717, 1.165) is 4.47 Å². The Kier molecular flexibility index (Phi) is 7.18. The van der Waals surface area contributed by atoms with Crippen molar-refractivity contribution in [1.82, 2.24) is 5.32 Å². The summed E-state index contributed by atoms with van der Waals surface area (Å²) in [6, 6.07) is 4.26. The number of hydrogen-bond acceptors (Lipinski definition) is 3. The van der Waals surface area contributed by atoms with Crippen molar-refractivity contribution in [3.05, 3.63) is 27.7 Å². The molecule has 0 spiro atoms. The quantitative estimate of drug-likeness (QED) is 0.662. The Balaban J connectivity index is 2.37. The molecular formula is C13H14BrClN2O4. The highest BCUT2D eigenvalue weighted by molar-refractivity contribution is 9.10. The molecule has 0 aliphatic carbocycles. The van der Waals surface area contributed by atoms with Gasteiger partial charge in [0.25, 0.3) is 0 Å². The number of urea groups is 1. The summed E-state index contributed by atoms with van der Waals surface area (Å²) >= 11 is 9.15. The molecule has 0 fully saturated rings. The van der Waals surface area contributed by atoms with E-state index in [2.05, 4.69) is 26.6 Å². The molecule has 0 unspecified atom stereocenters. The SMILES string of the molecule is O=C(O)CCCCC(=O)NC(=O)Nc1cc(Br)ccc1Cl. The van der Waals surface area contributed by atoms with Crippen molar-refractivity contribution in [1.29, 1.82) is 0 Å². The predicted molar refractivity (Wildman–Crippen MR) is 82.4 cm³/mol. The molecule has 0 radical (unpaired) electrons. The molecule has 0 heterocycles. The number of rotatable bonds is 6. The van der Waals surface area contributed by atoms with Crippen molar-refractivity contribution in [3.63, 3.8) is 0 Å². The van der Waals surface area contributed by atoms with E-state index in [9.17, 15) is 14.4 Å². The van der Waals surface area contributed by atoms with Gasteiger partial charge >= 0.3 is 12.0 Å². The second-order valence-electron chi connectivity index (χ2n) is 4.23. The highest BCUT2D eigenvalue weighted by atomic mass is 79.9. The highest BCUT2D eigenvalue weighted by Crippen LogP contribution is 2.25. The smallest absolute Gasteiger partial charge is 0.325 e. The normalized spacial score (nSPS) is 10.0. The summed E-state index contributed by atoms with van der Waals surface area (Å²) < 4.78 is 0.738. The monoisotopic (exact) mass is 376 g/mol. The molecule has 0 aliphatic heterocycles. The van der Waals surface area contributed by atoms with Crippen LogP contribution in [0.15, 0.2) is 22.7 Å². The van der Waals surface area contributed by atoms with Crippen LogP contribution in [0.3, 0.4) is 0 Å². The largest absolute Gasteiger partial charge is 0.481 e. The van der Waals surface area contributed by atoms with Gasteiger partial charge in [0.2, 0.25) is 5.91 Å². The standard InChI is InChI=1S/C13H14BrClN2O4/c14-8-5-6-9(15)10(7-8)16-13(21)17-11(18)3-1-2-4-12(19)20/h5-7H,1-4H2,(H,19,20)(H2,16,17,18,21). The molecule has 3 amide bonds. The molecule has 21 heavy (non-hydrogen) atoms. The molecule has 1 aromatic carbocycles. The van der Waals surface area contributed by atoms with Crippen LogP contribution in [0, 0.1) is 0 Å². The number of benzene rings is 1. The topological polar surface area (TPSA) is 95.5 Å². The van der Waals surface area contributed by atoms with Crippen molar-refractivity contribution in [2.24, 2.45) is 0 Å². The minimum atomic E-state index is -0.905. The predicted octanol–water partition coefficient (Wildman–Crippen LogP) is 3.40. The first-order chi connectivity index (χ1) is 9.88. The summed E-state index contributed by atoms with van der Waals surface area (Å²) in [7, 11) is 0. The van der Waals surface area contributed by atoms with Gasteiger partial charge < -0.3 is 10.4 Å². The van der Waals surface area contributed by atoms with Gasteiger partial charge in [-0.1, -0.05) is 27.5 Å². The molecule has 114 valence electrons. The Morgan fingerprint density at radius 1 is 1.19 bits per heavy atom. The minimum absolute atomic E-state index is 0.00707. The lowest BCUT2D eigenvalue weighted by molar-refractivity contribution is -0.137. The fourth-order valence-corrected chi connectivity index (χ4v) is 2.02. The lowest BCUT2D eigenvalue weighted by atomic mass is 10.2. The summed E-state index contributed by atoms with van der Waals surface area (Å²) in [6.45, 7) is 0. The molecule has 1 aromatic rings. The van der Waals surface area contributed by atoms with Gasteiger partial charge in [-0.15, -0.1) is 0 Å². The molecule has 3 N–H and O–H groups in total. The maximum Gasteiger partial charge on any atom is 0.325 e. The molecule has 0 saturated heterocycles. The number of carboxylic acids is 1. The van der Waals surface area contributed by atoms with Crippen LogP contribution < -0.4 is 10.6 Å². The number of amides is 3. The summed E-state index contributed by atoms with van der Waals surface area (Å²) in [5.41, 5.74) is 0.377. The lowest BCUT2D eigenvalue weighted by Gasteiger charge is -2.08. The molecule has 6 nitrogen and oxygen atoms in total. The number of carboxylic acid groups (broad SMARTS) is 1. The molecule has 0 aromatic heterocycles. The van der Waals surface area contributed by atoms with E-state index in [4.69, 9.17) is 16.7 Å². The molecule has 8 heteroatoms. The van der Waals surface area contributed by atoms with Gasteiger partial charge in [0.15, 0.2) is 0 Å². The Bertz CT molecular complexity index is 551. The Morgan fingerprint density at radius 2 is 1.86 bits per heavy atom. The van der Waals surface area contributed by atoms with Crippen LogP contribution >= 0.6 is 27.5 Å². The Hall–Kier alpha value is -1.60. The molecular weight excluding hydrogens is 364 g/mol. The highest BCUT2D eigenvalue weighted by Gasteiger charge is 2.10. The minimum Gasteiger partial charge on any atom is -0.481 e. The van der Waals surface area contributed by atoms with Gasteiger partial charge in [0, 0.05) is 17.3 Å². The van der Waals surface area contributed by atoms with Crippen molar-refractivity contribution in [2.75, 3.05) is 5.32 Å². The maximum absolute atomic E-state index is 11.6. The van der Waals surface area contributed by atoms with Crippen molar-refractivity contribution < 1.29 is 19.5 Å². The maximum atomic E-state index is 11.6. The van der Waals surface area contributed by atoms with Gasteiger partial charge in [-0.2, -0.15) is 0 Å². The molecule has 0 atom stereocenters. The second-order valence-corrected chi connectivity index (χ2v) is 5.55. The summed E-state index contributed by atoms with van der Waals surface area (Å²) in [6.07, 6.45) is 0.894. The number of imide groups is 1. The zero-order chi connectivity index (χ0) is 15.8. The van der Waals surface area contributed by atoms with Crippen LogP contribution in [0.1, 0.15) is 25.7 Å². The zero-order valence-electron chi connectivity index (χ0n) is 11.0. The number of hydrogen-bond donors (Lipinski definition) is 3. The van der Waals surface area contributed by atoms with Crippen LogP contribution in [0.25, 0.3) is 0 Å². The summed E-state index contributed by atoms with van der Waals surface area (Å²) in [5.74, 6) is -1.37. The van der Waals surface area contributed by atoms with Crippen molar-refractivity contribution in [2.45, 2.75) is 25.7 Å². The number of nitrogens with one attached hydrogen (secondary N) is 2. The molecule has 0 saturated carbocycles. The second kappa shape index (κ2) is 8.63. The van der Waals surface area contributed by atoms with Gasteiger partial charge in [-0.25, -0.2) is 4.79 Å². The summed E-state index contributed by atoms with van der Waals surface area (Å²) in [4.78, 5) is 33.4. The third-order valence-electron chi connectivity index (χ3n) is 2.47. The number of carbonyl (C=O) groups is 3. The van der Waals surface area contributed by atoms with E-state index in [0.29, 0.717) is 23.6 Å². The fourth-order valence-electron chi connectivity index (χ4n) is 1.50. The molecule has 0 bridgehead atoms. The summed E-state index contributed by atoms with van der Waals surface area (Å²) in [5, 5.41) is 13.4. The van der Waals surface area contributed by atoms with E-state index in [1.807, 2.05) is 0 Å². The third kappa shape index (κ3) is 7.10. The van der Waals surface area contributed by atoms with Crippen molar-refractivity contribution >= 4 is 51.1 Å². The first-order valence-electron chi connectivity index (χ1n) is 6.16. The van der Waals surface area contributed by atoms with E-state index in [-0.39, 0.29) is 12.8 Å². The lowest BCUT2D eigenvalue weighted by Crippen LogP contribution is -2.34. The molecule has 1 rings (SSSR count). The third-order valence-corrected chi connectivity index (χ3v) is 3.30. The van der Waals surface area contributed by atoms with E-state index in [1.54, 1.807) is 18.2 Å². The number of anilines is 1. The Morgan fingerprint density at radius 3 is 2.52 bits per heavy atom. The first-order valence-corrected chi connectivity index (χ1v) is 7.33. The van der Waals surface area contributed by atoms with Gasteiger partial charge in [0.1, 0.15) is 0 Å². The van der Waals surface area contributed by atoms with Crippen LogP contribution in [-0.2, 0) is 9.59 Å². The van der Waals surface area contributed by atoms with Crippen LogP contribution in [0.2, 0.25) is 5.02 Å². The average molecular weight is 378 g/mol. The van der Waals surface area contributed by atoms with Crippen LogP contribution in [0.5, 0.6) is 0 Å². The number of halogens is 2. The van der Waals surface area contributed by atoms with Crippen LogP contribution in [-0.4, -0.2) is 23.0 Å². The van der Waals surface area contributed by atoms with E-state index < -0.39 is 17.9 Å². The molecule has 0 aliphatic rings. The number of carbonyl (C=O) groups excluding carboxylic acids is 2. The average Bonchev–Trinajstić information content (AvgIpc) is 2.38. The van der Waals surface area contributed by atoms with E-state index >= 15 is 0 Å². The zero-order valence-corrected chi connectivity index (χ0v) is 13.3. The van der Waals surface area contributed by atoms with E-state index in [1.165, 1.54) is 0 Å². The van der Waals surface area contributed by atoms with Gasteiger partial charge in [0.05, 0.1) is 10.7 Å². The fraction of sp³-hybridized carbons (Fsp3) is 0.308.